The molecule has 0 radical (unpaired) electrons. The Kier molecular flexibility index (Phi) is 2.92. The predicted octanol–water partition coefficient (Wildman–Crippen LogP) is 0.794. The number of H-pyrrole nitrogens is 1. The molecule has 0 bridgehead atoms. The molecule has 1 heterocycles. The van der Waals surface area contributed by atoms with Gasteiger partial charge in [0.25, 0.3) is 11.2 Å². The number of nitro groups is 1. The molecule has 0 aliphatic carbocycles. The minimum Gasteiger partial charge on any atom is -0.481 e. The first kappa shape index (κ1) is 12.0. The number of aromatic amines is 1. The Morgan fingerprint density at radius 3 is 3.00 bits per heavy atom. The third-order valence-electron chi connectivity index (χ3n) is 2.53. The number of carboxylic acid groups (broad SMARTS) is 1. The minimum atomic E-state index is -0.929. The molecule has 0 aliphatic rings. The molecule has 0 aliphatic heterocycles. The summed E-state index contributed by atoms with van der Waals surface area (Å²) in [5, 5.41) is 26.3. The van der Waals surface area contributed by atoms with E-state index >= 15 is 0 Å². The predicted molar refractivity (Wildman–Crippen MR) is 59.9 cm³/mol. The second kappa shape index (κ2) is 4.40. The van der Waals surface area contributed by atoms with Gasteiger partial charge in [0.05, 0.1) is 17.4 Å². The smallest absolute Gasteiger partial charge is 0.305 e. The average Bonchev–Trinajstić information content (AvgIpc) is 2.70. The van der Waals surface area contributed by atoms with E-state index in [0.29, 0.717) is 11.0 Å². The molecule has 1 aromatic heterocycles. The number of non-ortho nitro benzene ring substituents is 1. The van der Waals surface area contributed by atoms with Crippen molar-refractivity contribution in [2.45, 2.75) is 19.4 Å². The Morgan fingerprint density at radius 2 is 2.39 bits per heavy atom. The lowest BCUT2D eigenvalue weighted by Crippen LogP contribution is -2.24. The Bertz CT molecular complexity index is 621. The van der Waals surface area contributed by atoms with Gasteiger partial charge < -0.3 is 5.11 Å². The van der Waals surface area contributed by atoms with E-state index in [1.165, 1.54) is 16.9 Å². The molecule has 1 atom stereocenters. The van der Waals surface area contributed by atoms with E-state index in [1.807, 2.05) is 0 Å². The van der Waals surface area contributed by atoms with Crippen LogP contribution in [0.15, 0.2) is 18.2 Å². The first-order valence-electron chi connectivity index (χ1n) is 5.25. The molecule has 1 aromatic carbocycles. The highest BCUT2D eigenvalue weighted by molar-refractivity contribution is 5.73. The zero-order valence-corrected chi connectivity index (χ0v) is 9.53. The van der Waals surface area contributed by atoms with Crippen LogP contribution in [0.5, 0.6) is 0 Å². The Morgan fingerprint density at radius 1 is 1.67 bits per heavy atom. The van der Waals surface area contributed by atoms with Crippen LogP contribution in [0, 0.1) is 10.1 Å². The second-order valence-corrected chi connectivity index (χ2v) is 3.96. The number of carboxylic acids is 1. The van der Waals surface area contributed by atoms with E-state index in [1.54, 1.807) is 13.0 Å². The number of hydrogen-bond donors (Lipinski definition) is 1. The third kappa shape index (κ3) is 2.26. The van der Waals surface area contributed by atoms with Gasteiger partial charge in [-0.25, -0.2) is 0 Å². The highest BCUT2D eigenvalue weighted by Crippen LogP contribution is 2.17. The molecule has 2 aromatic rings. The number of benzene rings is 1. The first-order valence-corrected chi connectivity index (χ1v) is 5.25. The molecule has 8 nitrogen and oxygen atoms in total. The van der Waals surface area contributed by atoms with Crippen molar-refractivity contribution < 1.29 is 19.9 Å². The van der Waals surface area contributed by atoms with Crippen molar-refractivity contribution in [1.29, 1.82) is 0 Å². The van der Waals surface area contributed by atoms with Gasteiger partial charge in [0.1, 0.15) is 6.04 Å². The molecule has 2 rings (SSSR count). The van der Waals surface area contributed by atoms with Gasteiger partial charge in [0, 0.05) is 11.2 Å². The number of nitro benzene ring substituents is 1. The highest BCUT2D eigenvalue weighted by Gasteiger charge is 2.20. The summed E-state index contributed by atoms with van der Waals surface area (Å²) in [7, 11) is 0. The van der Waals surface area contributed by atoms with Crippen LogP contribution >= 0.6 is 0 Å². The fraction of sp³-hybridized carbons (Fsp3) is 0.300. The van der Waals surface area contributed by atoms with Gasteiger partial charge in [-0.15, -0.1) is 0 Å². The van der Waals surface area contributed by atoms with Crippen LogP contribution in [0.4, 0.5) is 5.69 Å². The van der Waals surface area contributed by atoms with Gasteiger partial charge in [0.15, 0.2) is 5.52 Å². The van der Waals surface area contributed by atoms with E-state index < -0.39 is 10.9 Å². The number of fused-ring (bicyclic) bond motifs is 1. The summed E-state index contributed by atoms with van der Waals surface area (Å²) >= 11 is 0. The van der Waals surface area contributed by atoms with E-state index in [4.69, 9.17) is 5.11 Å². The zero-order valence-electron chi connectivity index (χ0n) is 9.53. The molecule has 18 heavy (non-hydrogen) atoms. The molecular weight excluding hydrogens is 240 g/mol. The average molecular weight is 251 g/mol. The number of carbonyl (C=O) groups is 1. The fourth-order valence-electron chi connectivity index (χ4n) is 1.62. The number of rotatable bonds is 4. The molecule has 1 unspecified atom stereocenters. The maximum atomic E-state index is 10.6. The number of aliphatic carboxylic acids is 1. The van der Waals surface area contributed by atoms with Crippen LogP contribution in [0.3, 0.4) is 0 Å². The number of hydrogen-bond acceptors (Lipinski definition) is 4. The van der Waals surface area contributed by atoms with Crippen molar-refractivity contribution in [2.24, 2.45) is 0 Å². The number of nitrogens with zero attached hydrogens (tertiary/aromatic N) is 3. The van der Waals surface area contributed by atoms with E-state index in [2.05, 4.69) is 10.2 Å². The van der Waals surface area contributed by atoms with Gasteiger partial charge in [0.2, 0.25) is 0 Å². The maximum Gasteiger partial charge on any atom is 0.305 e. The van der Waals surface area contributed by atoms with Gasteiger partial charge in [-0.2, -0.15) is 5.10 Å². The number of nitrogens with one attached hydrogen (secondary N) is 1. The van der Waals surface area contributed by atoms with Crippen LogP contribution in [0.2, 0.25) is 0 Å². The standard InChI is InChI=1S/C10H10N4O4/c1-6(4-10(15)16)13-11-8-3-2-7(14(17)18)5-9(8)12-13/h2-3,5-6H,4H2,1H3,(H,15,16)/p+1. The summed E-state index contributed by atoms with van der Waals surface area (Å²) in [5.41, 5.74) is 1.01. The molecule has 2 N–H and O–H groups in total. The van der Waals surface area contributed by atoms with Crippen molar-refractivity contribution in [3.8, 4) is 0 Å². The Labute approximate surface area is 101 Å². The normalized spacial score (nSPS) is 12.5. The molecule has 0 amide bonds. The van der Waals surface area contributed by atoms with Gasteiger partial charge in [-0.3, -0.25) is 14.9 Å². The molecule has 94 valence electrons. The van der Waals surface area contributed by atoms with Crippen molar-refractivity contribution in [3.63, 3.8) is 0 Å². The monoisotopic (exact) mass is 251 g/mol. The quantitative estimate of drug-likeness (QED) is 0.637. The summed E-state index contributed by atoms with van der Waals surface area (Å²) in [5.74, 6) is -0.929. The van der Waals surface area contributed by atoms with E-state index in [9.17, 15) is 14.9 Å². The van der Waals surface area contributed by atoms with E-state index in [-0.39, 0.29) is 18.2 Å². The summed E-state index contributed by atoms with van der Waals surface area (Å²) in [6, 6.07) is 3.90. The second-order valence-electron chi connectivity index (χ2n) is 3.96. The summed E-state index contributed by atoms with van der Waals surface area (Å²) in [4.78, 5) is 22.1. The van der Waals surface area contributed by atoms with Crippen LogP contribution in [0.25, 0.3) is 11.0 Å². The Balaban J connectivity index is 2.38. The van der Waals surface area contributed by atoms with Gasteiger partial charge >= 0.3 is 5.97 Å². The molecule has 0 saturated heterocycles. The minimum absolute atomic E-state index is 0.0490. The lowest BCUT2D eigenvalue weighted by Gasteiger charge is -2.00. The summed E-state index contributed by atoms with van der Waals surface area (Å²) in [6.07, 6.45) is -0.0768. The van der Waals surface area contributed by atoms with Crippen LogP contribution < -0.4 is 5.10 Å². The molecule has 8 heteroatoms. The lowest BCUT2D eigenvalue weighted by molar-refractivity contribution is -0.476. The maximum absolute atomic E-state index is 10.6. The fourth-order valence-corrected chi connectivity index (χ4v) is 1.62. The molecule has 0 spiro atoms. The van der Waals surface area contributed by atoms with Crippen molar-refractivity contribution >= 4 is 22.7 Å². The zero-order chi connectivity index (χ0) is 13.3. The van der Waals surface area contributed by atoms with Gasteiger partial charge in [-0.1, -0.05) is 0 Å². The topological polar surface area (TPSA) is 112 Å². The van der Waals surface area contributed by atoms with E-state index in [0.717, 1.165) is 0 Å². The highest BCUT2D eigenvalue weighted by atomic mass is 16.6. The van der Waals surface area contributed by atoms with Gasteiger partial charge in [-0.05, 0) is 17.8 Å². The van der Waals surface area contributed by atoms with Crippen molar-refractivity contribution in [1.82, 2.24) is 9.90 Å². The SMILES string of the molecule is CC(CC(=O)O)n1nc2cc([N+](=O)[O-])ccc2[nH+]1. The molecule has 0 fully saturated rings. The van der Waals surface area contributed by atoms with Crippen LogP contribution in [-0.4, -0.2) is 25.9 Å². The van der Waals surface area contributed by atoms with Crippen molar-refractivity contribution in [3.05, 3.63) is 28.3 Å². The molecular formula is C10H11N4O4+. The van der Waals surface area contributed by atoms with Crippen LogP contribution in [-0.2, 0) is 4.79 Å². The van der Waals surface area contributed by atoms with Crippen LogP contribution in [0.1, 0.15) is 19.4 Å². The summed E-state index contributed by atoms with van der Waals surface area (Å²) < 4.78 is 0. The Hall–Kier alpha value is -2.51. The largest absolute Gasteiger partial charge is 0.481 e. The number of aromatic nitrogens is 3. The molecule has 0 saturated carbocycles. The lowest BCUT2D eigenvalue weighted by atomic mass is 10.2. The first-order chi connectivity index (χ1) is 8.47. The summed E-state index contributed by atoms with van der Waals surface area (Å²) in [6.45, 7) is 1.70. The third-order valence-corrected chi connectivity index (χ3v) is 2.53. The van der Waals surface area contributed by atoms with Crippen molar-refractivity contribution in [2.75, 3.05) is 0 Å².